The van der Waals surface area contributed by atoms with Crippen LogP contribution in [0.1, 0.15) is 31.2 Å². The number of hydrogen-bond donors (Lipinski definition) is 1. The quantitative estimate of drug-likeness (QED) is 0.842. The molecule has 1 fully saturated rings. The molecule has 1 N–H and O–H groups in total. The summed E-state index contributed by atoms with van der Waals surface area (Å²) in [5.74, 6) is 1.20. The molecular formula is C15H22ClNS. The van der Waals surface area contributed by atoms with Crippen LogP contribution in [0.15, 0.2) is 24.3 Å². The van der Waals surface area contributed by atoms with Crippen molar-refractivity contribution < 1.29 is 0 Å². The van der Waals surface area contributed by atoms with Crippen LogP contribution in [0.5, 0.6) is 0 Å². The lowest BCUT2D eigenvalue weighted by atomic mass is 10.1. The van der Waals surface area contributed by atoms with Crippen LogP contribution in [0.2, 0.25) is 5.02 Å². The molecule has 3 heteroatoms. The Balaban J connectivity index is 1.81. The minimum atomic E-state index is 0.550. The highest BCUT2D eigenvalue weighted by Crippen LogP contribution is 2.30. The fourth-order valence-corrected chi connectivity index (χ4v) is 4.17. The standard InChI is InChI=1S/C15H22ClNS/c1-17-14(11-18-15-7-2-3-8-15)10-12-5-4-6-13(16)9-12/h4-6,9,14-15,17H,2-3,7-8,10-11H2,1H3. The first-order valence-electron chi connectivity index (χ1n) is 6.81. The fraction of sp³-hybridized carbons (Fsp3) is 0.600. The summed E-state index contributed by atoms with van der Waals surface area (Å²) in [7, 11) is 2.06. The molecule has 0 aromatic heterocycles. The summed E-state index contributed by atoms with van der Waals surface area (Å²) >= 11 is 8.17. The third-order valence-electron chi connectivity index (χ3n) is 3.61. The molecule has 0 saturated heterocycles. The first-order valence-corrected chi connectivity index (χ1v) is 8.24. The van der Waals surface area contributed by atoms with E-state index in [4.69, 9.17) is 11.6 Å². The van der Waals surface area contributed by atoms with Gasteiger partial charge < -0.3 is 5.32 Å². The van der Waals surface area contributed by atoms with Crippen molar-refractivity contribution in [3.63, 3.8) is 0 Å². The highest BCUT2D eigenvalue weighted by atomic mass is 35.5. The van der Waals surface area contributed by atoms with E-state index in [1.807, 2.05) is 12.1 Å². The van der Waals surface area contributed by atoms with E-state index in [1.54, 1.807) is 0 Å². The van der Waals surface area contributed by atoms with Crippen molar-refractivity contribution in [1.82, 2.24) is 5.32 Å². The van der Waals surface area contributed by atoms with Gasteiger partial charge in [0.05, 0.1) is 0 Å². The Hall–Kier alpha value is -0.180. The molecule has 1 aromatic rings. The monoisotopic (exact) mass is 283 g/mol. The van der Waals surface area contributed by atoms with Crippen LogP contribution in [0, 0.1) is 0 Å². The lowest BCUT2D eigenvalue weighted by Gasteiger charge is -2.18. The second kappa shape index (κ2) is 7.42. The van der Waals surface area contributed by atoms with Crippen molar-refractivity contribution >= 4 is 23.4 Å². The van der Waals surface area contributed by atoms with Crippen LogP contribution < -0.4 is 5.32 Å². The van der Waals surface area contributed by atoms with Crippen molar-refractivity contribution in [2.75, 3.05) is 12.8 Å². The summed E-state index contributed by atoms with van der Waals surface area (Å²) in [6, 6.07) is 8.76. The largest absolute Gasteiger partial charge is 0.316 e. The maximum atomic E-state index is 6.03. The van der Waals surface area contributed by atoms with Gasteiger partial charge in [-0.15, -0.1) is 0 Å². The number of hydrogen-bond acceptors (Lipinski definition) is 2. The van der Waals surface area contributed by atoms with Crippen molar-refractivity contribution in [2.45, 2.75) is 43.4 Å². The van der Waals surface area contributed by atoms with Gasteiger partial charge in [-0.2, -0.15) is 11.8 Å². The normalized spacial score (nSPS) is 18.1. The summed E-state index contributed by atoms with van der Waals surface area (Å²) in [5.41, 5.74) is 1.33. The van der Waals surface area contributed by atoms with Gasteiger partial charge >= 0.3 is 0 Å². The van der Waals surface area contributed by atoms with Gasteiger partial charge in [0.2, 0.25) is 0 Å². The van der Waals surface area contributed by atoms with Crippen molar-refractivity contribution in [3.8, 4) is 0 Å². The van der Waals surface area contributed by atoms with E-state index < -0.39 is 0 Å². The number of likely N-dealkylation sites (N-methyl/N-ethyl adjacent to an activating group) is 1. The summed E-state index contributed by atoms with van der Waals surface area (Å²) in [5, 5.41) is 5.17. The zero-order chi connectivity index (χ0) is 12.8. The Labute approximate surface area is 120 Å². The molecule has 2 rings (SSSR count). The van der Waals surface area contributed by atoms with Crippen molar-refractivity contribution in [3.05, 3.63) is 34.9 Å². The lowest BCUT2D eigenvalue weighted by molar-refractivity contribution is 0.616. The van der Waals surface area contributed by atoms with Crippen LogP contribution >= 0.6 is 23.4 Å². The molecule has 1 aliphatic rings. The number of thioether (sulfide) groups is 1. The third-order valence-corrected chi connectivity index (χ3v) is 5.39. The first-order chi connectivity index (χ1) is 8.78. The molecule has 1 nitrogen and oxygen atoms in total. The molecule has 1 aliphatic carbocycles. The van der Waals surface area contributed by atoms with E-state index in [0.29, 0.717) is 6.04 Å². The zero-order valence-electron chi connectivity index (χ0n) is 11.0. The summed E-state index contributed by atoms with van der Waals surface area (Å²) in [6.45, 7) is 0. The van der Waals surface area contributed by atoms with E-state index in [9.17, 15) is 0 Å². The zero-order valence-corrected chi connectivity index (χ0v) is 12.6. The topological polar surface area (TPSA) is 12.0 Å². The highest BCUT2D eigenvalue weighted by molar-refractivity contribution is 7.99. The smallest absolute Gasteiger partial charge is 0.0408 e. The number of rotatable bonds is 6. The van der Waals surface area contributed by atoms with Gasteiger partial charge in [0.1, 0.15) is 0 Å². The maximum Gasteiger partial charge on any atom is 0.0408 e. The minimum Gasteiger partial charge on any atom is -0.316 e. The number of nitrogens with one attached hydrogen (secondary N) is 1. The van der Waals surface area contributed by atoms with Crippen LogP contribution in [-0.4, -0.2) is 24.1 Å². The molecule has 0 bridgehead atoms. The van der Waals surface area contributed by atoms with E-state index >= 15 is 0 Å². The summed E-state index contributed by atoms with van der Waals surface area (Å²) in [6.07, 6.45) is 6.75. The van der Waals surface area contributed by atoms with Gasteiger partial charge in [-0.05, 0) is 44.0 Å². The van der Waals surface area contributed by atoms with Crippen LogP contribution in [0.25, 0.3) is 0 Å². The van der Waals surface area contributed by atoms with Gasteiger partial charge in [-0.3, -0.25) is 0 Å². The molecule has 1 aromatic carbocycles. The number of benzene rings is 1. The van der Waals surface area contributed by atoms with Gasteiger partial charge in [0.25, 0.3) is 0 Å². The van der Waals surface area contributed by atoms with Gasteiger partial charge in [0.15, 0.2) is 0 Å². The molecule has 100 valence electrons. The van der Waals surface area contributed by atoms with Gasteiger partial charge in [-0.1, -0.05) is 36.6 Å². The Morgan fingerprint density at radius 3 is 2.83 bits per heavy atom. The predicted octanol–water partition coefficient (Wildman–Crippen LogP) is 4.15. The molecule has 0 aliphatic heterocycles. The third kappa shape index (κ3) is 4.49. The lowest BCUT2D eigenvalue weighted by Crippen LogP contribution is -2.30. The van der Waals surface area contributed by atoms with E-state index in [1.165, 1.54) is 37.0 Å². The van der Waals surface area contributed by atoms with Crippen molar-refractivity contribution in [2.24, 2.45) is 0 Å². The summed E-state index contributed by atoms with van der Waals surface area (Å²) < 4.78 is 0. The van der Waals surface area contributed by atoms with Crippen molar-refractivity contribution in [1.29, 1.82) is 0 Å². The number of halogens is 1. The Morgan fingerprint density at radius 2 is 2.17 bits per heavy atom. The van der Waals surface area contributed by atoms with Crippen LogP contribution in [0.4, 0.5) is 0 Å². The average Bonchev–Trinajstić information content (AvgIpc) is 2.87. The SMILES string of the molecule is CNC(CSC1CCCC1)Cc1cccc(Cl)c1. The molecule has 18 heavy (non-hydrogen) atoms. The van der Waals surface area contributed by atoms with E-state index in [2.05, 4.69) is 36.3 Å². The first kappa shape index (κ1) is 14.2. The second-order valence-electron chi connectivity index (χ2n) is 5.06. The van der Waals surface area contributed by atoms with Crippen LogP contribution in [-0.2, 0) is 6.42 Å². The average molecular weight is 284 g/mol. The van der Waals surface area contributed by atoms with E-state index in [0.717, 1.165) is 16.7 Å². The molecule has 0 spiro atoms. The minimum absolute atomic E-state index is 0.550. The molecular weight excluding hydrogens is 262 g/mol. The summed E-state index contributed by atoms with van der Waals surface area (Å²) in [4.78, 5) is 0. The second-order valence-corrected chi connectivity index (χ2v) is 6.83. The maximum absolute atomic E-state index is 6.03. The van der Waals surface area contributed by atoms with Gasteiger partial charge in [0, 0.05) is 22.1 Å². The van der Waals surface area contributed by atoms with Gasteiger partial charge in [-0.25, -0.2) is 0 Å². The Morgan fingerprint density at radius 1 is 1.39 bits per heavy atom. The Bertz CT molecular complexity index is 363. The molecule has 0 heterocycles. The highest BCUT2D eigenvalue weighted by Gasteiger charge is 2.17. The fourth-order valence-electron chi connectivity index (χ4n) is 2.50. The molecule has 1 atom stereocenters. The van der Waals surface area contributed by atoms with E-state index in [-0.39, 0.29) is 0 Å². The Kier molecular flexibility index (Phi) is 5.87. The van der Waals surface area contributed by atoms with Crippen LogP contribution in [0.3, 0.4) is 0 Å². The molecule has 0 amide bonds. The molecule has 1 saturated carbocycles. The molecule has 1 unspecified atom stereocenters. The molecule has 0 radical (unpaired) electrons. The predicted molar refractivity (Wildman–Crippen MR) is 82.7 cm³/mol.